The van der Waals surface area contributed by atoms with Crippen molar-refractivity contribution < 1.29 is 14.2 Å². The van der Waals surface area contributed by atoms with Crippen LogP contribution < -0.4 is 9.47 Å². The van der Waals surface area contributed by atoms with Crippen LogP contribution in [0.15, 0.2) is 30.4 Å². The Morgan fingerprint density at radius 3 is 2.64 bits per heavy atom. The van der Waals surface area contributed by atoms with Crippen LogP contribution in [-0.2, 0) is 11.2 Å². The molecule has 0 radical (unpaired) electrons. The molecule has 1 aliphatic carbocycles. The molecule has 0 amide bonds. The molecular weight excluding hydrogens is 314 g/mol. The molecule has 4 nitrogen and oxygen atoms in total. The summed E-state index contributed by atoms with van der Waals surface area (Å²) in [5, 5.41) is 0. The molecule has 138 valence electrons. The van der Waals surface area contributed by atoms with Crippen molar-refractivity contribution in [3.63, 3.8) is 0 Å². The maximum Gasteiger partial charge on any atom is 0.160 e. The van der Waals surface area contributed by atoms with Gasteiger partial charge in [0.2, 0.25) is 0 Å². The quantitative estimate of drug-likeness (QED) is 0.703. The van der Waals surface area contributed by atoms with E-state index in [1.54, 1.807) is 14.2 Å². The minimum absolute atomic E-state index is 0.361. The summed E-state index contributed by atoms with van der Waals surface area (Å²) < 4.78 is 17.0. The summed E-state index contributed by atoms with van der Waals surface area (Å²) in [7, 11) is 3.34. The zero-order valence-electron chi connectivity index (χ0n) is 15.6. The lowest BCUT2D eigenvalue weighted by atomic mass is 9.91. The van der Waals surface area contributed by atoms with Crippen molar-refractivity contribution in [3.8, 4) is 11.5 Å². The van der Waals surface area contributed by atoms with E-state index in [1.165, 1.54) is 36.8 Å². The lowest BCUT2D eigenvalue weighted by Gasteiger charge is -2.37. The molecule has 2 fully saturated rings. The van der Waals surface area contributed by atoms with Gasteiger partial charge in [-0.25, -0.2) is 0 Å². The van der Waals surface area contributed by atoms with Crippen molar-refractivity contribution in [2.75, 3.05) is 33.9 Å². The van der Waals surface area contributed by atoms with Crippen LogP contribution >= 0.6 is 0 Å². The van der Waals surface area contributed by atoms with Gasteiger partial charge in [0.15, 0.2) is 11.5 Å². The second-order valence-electron chi connectivity index (χ2n) is 7.17. The first kappa shape index (κ1) is 18.3. The highest BCUT2D eigenvalue weighted by atomic mass is 16.5. The fraction of sp³-hybridized carbons (Fsp3) is 0.619. The molecule has 1 aromatic rings. The highest BCUT2D eigenvalue weighted by molar-refractivity contribution is 5.42. The number of rotatable bonds is 7. The molecule has 25 heavy (non-hydrogen) atoms. The number of ether oxygens (including phenoxy) is 3. The van der Waals surface area contributed by atoms with Gasteiger partial charge in [-0.2, -0.15) is 0 Å². The molecule has 1 heterocycles. The SMILES string of the molecule is C=C1CCN([C@H]2CCCC[C@@H]2OCCc2ccc(OC)c(OC)c2)C1. The Hall–Kier alpha value is -1.52. The van der Waals surface area contributed by atoms with Crippen LogP contribution in [0.2, 0.25) is 0 Å². The minimum atomic E-state index is 0.361. The third kappa shape index (κ3) is 4.56. The Kier molecular flexibility index (Phi) is 6.38. The van der Waals surface area contributed by atoms with Gasteiger partial charge < -0.3 is 14.2 Å². The summed E-state index contributed by atoms with van der Waals surface area (Å²) in [5.74, 6) is 1.56. The normalized spacial score (nSPS) is 24.5. The molecule has 2 aliphatic rings. The van der Waals surface area contributed by atoms with Crippen LogP contribution in [0.5, 0.6) is 11.5 Å². The summed E-state index contributed by atoms with van der Waals surface area (Å²) in [6.45, 7) is 7.11. The highest BCUT2D eigenvalue weighted by Crippen LogP contribution is 2.30. The van der Waals surface area contributed by atoms with E-state index in [2.05, 4.69) is 17.5 Å². The predicted molar refractivity (Wildman–Crippen MR) is 101 cm³/mol. The number of likely N-dealkylation sites (tertiary alicyclic amines) is 1. The van der Waals surface area contributed by atoms with Crippen molar-refractivity contribution in [1.82, 2.24) is 4.90 Å². The number of methoxy groups -OCH3 is 2. The molecule has 1 saturated carbocycles. The van der Waals surface area contributed by atoms with E-state index < -0.39 is 0 Å². The number of hydrogen-bond donors (Lipinski definition) is 0. The van der Waals surface area contributed by atoms with Crippen LogP contribution in [0, 0.1) is 0 Å². The molecule has 0 unspecified atom stereocenters. The molecule has 1 aliphatic heterocycles. The third-order valence-electron chi connectivity index (χ3n) is 5.49. The standard InChI is InChI=1S/C21H31NO3/c1-16-10-12-22(15-16)18-6-4-5-7-19(18)25-13-11-17-8-9-20(23-2)21(14-17)24-3/h8-9,14,18-19H,1,4-7,10-13,15H2,2-3H3/t18-,19-/m0/s1. The Labute approximate surface area is 151 Å². The predicted octanol–water partition coefficient (Wildman–Crippen LogP) is 3.84. The molecule has 1 saturated heterocycles. The zero-order valence-corrected chi connectivity index (χ0v) is 15.6. The van der Waals surface area contributed by atoms with Crippen molar-refractivity contribution in [2.45, 2.75) is 50.7 Å². The van der Waals surface area contributed by atoms with Gasteiger partial charge in [-0.05, 0) is 43.4 Å². The number of hydrogen-bond acceptors (Lipinski definition) is 4. The van der Waals surface area contributed by atoms with Gasteiger partial charge in [-0.3, -0.25) is 4.90 Å². The topological polar surface area (TPSA) is 30.9 Å². The molecule has 0 aromatic heterocycles. The highest BCUT2D eigenvalue weighted by Gasteiger charge is 2.32. The molecule has 4 heteroatoms. The fourth-order valence-electron chi connectivity index (χ4n) is 4.08. The van der Waals surface area contributed by atoms with E-state index >= 15 is 0 Å². The van der Waals surface area contributed by atoms with Crippen molar-refractivity contribution >= 4 is 0 Å². The first-order valence-electron chi connectivity index (χ1n) is 9.44. The Balaban J connectivity index is 1.54. The van der Waals surface area contributed by atoms with Crippen LogP contribution in [0.3, 0.4) is 0 Å². The van der Waals surface area contributed by atoms with Crippen molar-refractivity contribution in [1.29, 1.82) is 0 Å². The van der Waals surface area contributed by atoms with Crippen molar-refractivity contribution in [3.05, 3.63) is 35.9 Å². The second kappa shape index (κ2) is 8.72. The number of nitrogens with zero attached hydrogens (tertiary/aromatic N) is 1. The summed E-state index contributed by atoms with van der Waals surface area (Å²) in [4.78, 5) is 2.59. The monoisotopic (exact) mass is 345 g/mol. The fourth-order valence-corrected chi connectivity index (χ4v) is 4.08. The van der Waals surface area contributed by atoms with E-state index in [9.17, 15) is 0 Å². The Bertz CT molecular complexity index is 587. The minimum Gasteiger partial charge on any atom is -0.493 e. The van der Waals surface area contributed by atoms with E-state index in [-0.39, 0.29) is 0 Å². The largest absolute Gasteiger partial charge is 0.493 e. The summed E-state index contributed by atoms with van der Waals surface area (Å²) >= 11 is 0. The maximum absolute atomic E-state index is 6.33. The summed E-state index contributed by atoms with van der Waals surface area (Å²) in [5.41, 5.74) is 2.59. The Morgan fingerprint density at radius 2 is 1.92 bits per heavy atom. The third-order valence-corrected chi connectivity index (χ3v) is 5.49. The molecule has 0 spiro atoms. The van der Waals surface area contributed by atoms with E-state index in [0.717, 1.165) is 44.0 Å². The van der Waals surface area contributed by atoms with Gasteiger partial charge in [-0.15, -0.1) is 0 Å². The smallest absolute Gasteiger partial charge is 0.160 e. The molecule has 3 rings (SSSR count). The van der Waals surface area contributed by atoms with Crippen LogP contribution in [0.1, 0.15) is 37.7 Å². The average Bonchev–Trinajstić information content (AvgIpc) is 3.08. The first-order valence-corrected chi connectivity index (χ1v) is 9.44. The second-order valence-corrected chi connectivity index (χ2v) is 7.17. The lowest BCUT2D eigenvalue weighted by Crippen LogP contribution is -2.45. The van der Waals surface area contributed by atoms with Gasteiger partial charge in [0.1, 0.15) is 0 Å². The van der Waals surface area contributed by atoms with Gasteiger partial charge in [0.05, 0.1) is 26.9 Å². The summed E-state index contributed by atoms with van der Waals surface area (Å²) in [6, 6.07) is 6.67. The molecule has 0 bridgehead atoms. The van der Waals surface area contributed by atoms with E-state index in [1.807, 2.05) is 12.1 Å². The molecule has 2 atom stereocenters. The zero-order chi connectivity index (χ0) is 17.6. The van der Waals surface area contributed by atoms with Crippen LogP contribution in [0.25, 0.3) is 0 Å². The van der Waals surface area contributed by atoms with E-state index in [4.69, 9.17) is 14.2 Å². The van der Waals surface area contributed by atoms with Gasteiger partial charge >= 0.3 is 0 Å². The Morgan fingerprint density at radius 1 is 1.12 bits per heavy atom. The first-order chi connectivity index (χ1) is 12.2. The van der Waals surface area contributed by atoms with Gasteiger partial charge in [0, 0.05) is 19.1 Å². The summed E-state index contributed by atoms with van der Waals surface area (Å²) in [6.07, 6.45) is 7.45. The van der Waals surface area contributed by atoms with Crippen molar-refractivity contribution in [2.24, 2.45) is 0 Å². The van der Waals surface area contributed by atoms with Crippen LogP contribution in [0.4, 0.5) is 0 Å². The van der Waals surface area contributed by atoms with E-state index in [0.29, 0.717) is 12.1 Å². The van der Waals surface area contributed by atoms with Gasteiger partial charge in [0.25, 0.3) is 0 Å². The molecule has 0 N–H and O–H groups in total. The molecular formula is C21H31NO3. The lowest BCUT2D eigenvalue weighted by molar-refractivity contribution is -0.0283. The van der Waals surface area contributed by atoms with Crippen LogP contribution in [-0.4, -0.2) is 51.0 Å². The average molecular weight is 345 g/mol. The maximum atomic E-state index is 6.33. The van der Waals surface area contributed by atoms with Gasteiger partial charge in [-0.1, -0.05) is 31.1 Å². The molecule has 1 aromatic carbocycles. The number of benzene rings is 1.